The van der Waals surface area contributed by atoms with Gasteiger partial charge in [-0.3, -0.25) is 0 Å². The Morgan fingerprint density at radius 3 is 1.64 bits per heavy atom. The molecule has 0 amide bonds. The molecule has 0 spiro atoms. The van der Waals surface area contributed by atoms with Crippen molar-refractivity contribution in [2.75, 3.05) is 14.1 Å². The maximum absolute atomic E-state index is 5.04. The van der Waals surface area contributed by atoms with Crippen molar-refractivity contribution in [1.29, 1.82) is 0 Å². The molecule has 2 aromatic carbocycles. The van der Waals surface area contributed by atoms with E-state index in [4.69, 9.17) is 25.3 Å². The Hall–Kier alpha value is -2.06. The largest absolute Gasteiger partial charge is 2.00 e. The van der Waals surface area contributed by atoms with Crippen LogP contribution in [0.5, 0.6) is 0 Å². The van der Waals surface area contributed by atoms with E-state index in [-0.39, 0.29) is 17.1 Å². The first kappa shape index (κ1) is 19.3. The van der Waals surface area contributed by atoms with Crippen LogP contribution in [0.1, 0.15) is 11.1 Å². The summed E-state index contributed by atoms with van der Waals surface area (Å²) in [5, 5.41) is 25.0. The number of amidine groups is 2. The molecule has 2 N–H and O–H groups in total. The van der Waals surface area contributed by atoms with Crippen LogP contribution in [-0.4, -0.2) is 35.9 Å². The third-order valence-corrected chi connectivity index (χ3v) is 4.12. The van der Waals surface area contributed by atoms with E-state index in [0.717, 1.165) is 21.9 Å². The van der Waals surface area contributed by atoms with Gasteiger partial charge in [0.15, 0.2) is 0 Å². The van der Waals surface area contributed by atoms with E-state index in [1.807, 2.05) is 36.4 Å². The molecule has 25 heavy (non-hydrogen) atoms. The van der Waals surface area contributed by atoms with E-state index in [9.17, 15) is 0 Å². The molecule has 0 heterocycles. The van der Waals surface area contributed by atoms with Crippen molar-refractivity contribution < 1.29 is 17.1 Å². The summed E-state index contributed by atoms with van der Waals surface area (Å²) in [6.45, 7) is 0. The fourth-order valence-electron chi connectivity index (χ4n) is 2.48. The minimum Gasteiger partial charge on any atom is -0.741 e. The van der Waals surface area contributed by atoms with Gasteiger partial charge in [-0.1, -0.05) is 36.4 Å². The standard InChI is InChI=1S/C16H16N6S2.Cu/c1-17-15(23)21-19-13-10-7-3-5-9-6-4-8-11(12(9)10)14(13)20-22-16(24)18-2;/h3-8H,1-2H3,(H2,17,21,23)(H2,18,22,24);/q;+2/p-2/b19-13+,20-14+;. The Morgan fingerprint density at radius 1 is 0.800 bits per heavy atom. The number of hydrogen-bond donors (Lipinski definition) is 2. The Kier molecular flexibility index (Phi) is 6.44. The van der Waals surface area contributed by atoms with Gasteiger partial charge in [-0.05, 0) is 15.7 Å². The maximum atomic E-state index is 5.04. The predicted octanol–water partition coefficient (Wildman–Crippen LogP) is 1.50. The third kappa shape index (κ3) is 3.80. The molecule has 0 aromatic heterocycles. The average Bonchev–Trinajstić information content (AvgIpc) is 2.92. The number of nitrogens with zero attached hydrogens (tertiary/aromatic N) is 4. The second-order valence-corrected chi connectivity index (χ2v) is 5.69. The van der Waals surface area contributed by atoms with Crippen molar-refractivity contribution in [3.8, 4) is 0 Å². The van der Waals surface area contributed by atoms with E-state index in [2.05, 4.69) is 31.0 Å². The van der Waals surface area contributed by atoms with Gasteiger partial charge in [0.05, 0.1) is 0 Å². The first-order valence-electron chi connectivity index (χ1n) is 7.19. The van der Waals surface area contributed by atoms with Gasteiger partial charge < -0.3 is 35.9 Å². The van der Waals surface area contributed by atoms with Crippen molar-refractivity contribution in [2.24, 2.45) is 20.4 Å². The summed E-state index contributed by atoms with van der Waals surface area (Å²) in [4.78, 5) is 0. The van der Waals surface area contributed by atoms with Crippen molar-refractivity contribution in [3.05, 3.63) is 47.5 Å². The molecule has 9 heteroatoms. The van der Waals surface area contributed by atoms with Crippen LogP contribution in [0.2, 0.25) is 0 Å². The van der Waals surface area contributed by atoms with E-state index < -0.39 is 0 Å². The van der Waals surface area contributed by atoms with Crippen LogP contribution >= 0.6 is 0 Å². The minimum absolute atomic E-state index is 0. The minimum atomic E-state index is 0. The summed E-state index contributed by atoms with van der Waals surface area (Å²) in [5.74, 6) is 0. The van der Waals surface area contributed by atoms with Crippen molar-refractivity contribution >= 4 is 57.8 Å². The molecule has 1 radical (unpaired) electrons. The molecular formula is C16H14CuN6S2. The summed E-state index contributed by atoms with van der Waals surface area (Å²) in [6, 6.07) is 12.0. The van der Waals surface area contributed by atoms with Gasteiger partial charge in [0.2, 0.25) is 0 Å². The van der Waals surface area contributed by atoms with E-state index in [0.29, 0.717) is 21.8 Å². The second kappa shape index (κ2) is 8.35. The number of nitrogens with one attached hydrogen (secondary N) is 2. The summed E-state index contributed by atoms with van der Waals surface area (Å²) in [7, 11) is 3.40. The quantitative estimate of drug-likeness (QED) is 0.255. The Balaban J connectivity index is 0.00000225. The second-order valence-electron chi connectivity index (χ2n) is 4.92. The molecule has 3 rings (SSSR count). The van der Waals surface area contributed by atoms with E-state index in [1.54, 1.807) is 14.1 Å². The molecule has 2 aromatic rings. The summed E-state index contributed by atoms with van der Waals surface area (Å²) < 4.78 is 0. The summed E-state index contributed by atoms with van der Waals surface area (Å²) in [5.41, 5.74) is 3.16. The van der Waals surface area contributed by atoms with Crippen LogP contribution in [-0.2, 0) is 42.3 Å². The zero-order valence-electron chi connectivity index (χ0n) is 13.4. The first-order chi connectivity index (χ1) is 11.7. The smallest absolute Gasteiger partial charge is 0.741 e. The molecular weight excluding hydrogens is 404 g/mol. The molecule has 0 aliphatic heterocycles. The summed E-state index contributed by atoms with van der Waals surface area (Å²) in [6.07, 6.45) is 0. The fraction of sp³-hybridized carbons (Fsp3) is 0.125. The Bertz CT molecular complexity index is 849. The molecule has 0 bridgehead atoms. The van der Waals surface area contributed by atoms with E-state index >= 15 is 0 Å². The van der Waals surface area contributed by atoms with Crippen molar-refractivity contribution in [2.45, 2.75) is 0 Å². The molecule has 1 aliphatic rings. The zero-order valence-corrected chi connectivity index (χ0v) is 15.9. The van der Waals surface area contributed by atoms with Gasteiger partial charge in [0.1, 0.15) is 11.4 Å². The molecule has 131 valence electrons. The number of rotatable bonds is 2. The number of hydrogen-bond acceptors (Lipinski definition) is 6. The van der Waals surface area contributed by atoms with Gasteiger partial charge in [-0.2, -0.15) is 10.2 Å². The van der Waals surface area contributed by atoms with Crippen molar-refractivity contribution in [1.82, 2.24) is 10.6 Å². The Morgan fingerprint density at radius 2 is 1.24 bits per heavy atom. The van der Waals surface area contributed by atoms with Gasteiger partial charge in [-0.25, -0.2) is 0 Å². The molecule has 0 unspecified atom stereocenters. The zero-order chi connectivity index (χ0) is 17.1. The Labute approximate surface area is 167 Å². The van der Waals surface area contributed by atoms with Crippen LogP contribution in [0.4, 0.5) is 0 Å². The molecule has 0 fully saturated rings. The number of benzene rings is 2. The van der Waals surface area contributed by atoms with E-state index in [1.165, 1.54) is 0 Å². The molecule has 0 saturated carbocycles. The molecule has 6 nitrogen and oxygen atoms in total. The molecule has 1 aliphatic carbocycles. The average molecular weight is 418 g/mol. The van der Waals surface area contributed by atoms with Gasteiger partial charge >= 0.3 is 17.1 Å². The SMILES string of the molecule is CN/C([S-])=N/N=C1/C(=N/N=C(\[S-])NC)c2cccc3cccc1c23.[Cu+2]. The van der Waals surface area contributed by atoms with Crippen LogP contribution in [0.25, 0.3) is 10.8 Å². The van der Waals surface area contributed by atoms with Crippen LogP contribution in [0, 0.1) is 0 Å². The van der Waals surface area contributed by atoms with Gasteiger partial charge in [0.25, 0.3) is 0 Å². The predicted molar refractivity (Wildman–Crippen MR) is 105 cm³/mol. The monoisotopic (exact) mass is 417 g/mol. The maximum Gasteiger partial charge on any atom is 2.00 e. The van der Waals surface area contributed by atoms with Crippen LogP contribution in [0.3, 0.4) is 0 Å². The normalized spacial score (nSPS) is 17.0. The topological polar surface area (TPSA) is 73.5 Å². The third-order valence-electron chi connectivity index (χ3n) is 3.55. The summed E-state index contributed by atoms with van der Waals surface area (Å²) >= 11 is 10.1. The first-order valence-corrected chi connectivity index (χ1v) is 8.01. The molecule has 0 atom stereocenters. The van der Waals surface area contributed by atoms with Crippen molar-refractivity contribution in [3.63, 3.8) is 0 Å². The van der Waals surface area contributed by atoms with Crippen LogP contribution < -0.4 is 10.6 Å². The van der Waals surface area contributed by atoms with Crippen LogP contribution in [0.15, 0.2) is 56.8 Å². The fourth-order valence-corrected chi connectivity index (χ4v) is 2.57. The molecule has 0 saturated heterocycles. The van der Waals surface area contributed by atoms with Gasteiger partial charge in [0, 0.05) is 30.6 Å². The van der Waals surface area contributed by atoms with Gasteiger partial charge in [-0.15, -0.1) is 10.2 Å².